The quantitative estimate of drug-likeness (QED) is 0.628. The molecule has 1 aliphatic rings. The maximum absolute atomic E-state index is 6.20. The van der Waals surface area contributed by atoms with Crippen LogP contribution in [0.3, 0.4) is 0 Å². The maximum Gasteiger partial charge on any atom is 0.135 e. The third-order valence-corrected chi connectivity index (χ3v) is 3.97. The molecule has 2 nitrogen and oxygen atoms in total. The van der Waals surface area contributed by atoms with Crippen LogP contribution in [-0.4, -0.2) is 4.98 Å². The lowest BCUT2D eigenvalue weighted by atomic mass is 10.0. The Kier molecular flexibility index (Phi) is 4.25. The van der Waals surface area contributed by atoms with Gasteiger partial charge in [-0.1, -0.05) is 60.7 Å². The lowest BCUT2D eigenvalue weighted by Gasteiger charge is -2.19. The Morgan fingerprint density at radius 2 is 1.16 bits per heavy atom. The predicted octanol–water partition coefficient (Wildman–Crippen LogP) is 5.58. The van der Waals surface area contributed by atoms with Crippen LogP contribution in [0.4, 0.5) is 0 Å². The number of hydrogen-bond acceptors (Lipinski definition) is 2. The highest BCUT2D eigenvalue weighted by Crippen LogP contribution is 2.32. The van der Waals surface area contributed by atoms with Crippen LogP contribution in [0.2, 0.25) is 0 Å². The molecule has 2 aromatic carbocycles. The molecule has 25 heavy (non-hydrogen) atoms. The van der Waals surface area contributed by atoms with Crippen LogP contribution in [0.25, 0.3) is 17.6 Å². The summed E-state index contributed by atoms with van der Waals surface area (Å²) < 4.78 is 6.20. The molecule has 0 saturated carbocycles. The number of rotatable bonds is 3. The molecule has 0 N–H and O–H groups in total. The molecule has 0 amide bonds. The normalized spacial score (nSPS) is 13.5. The summed E-state index contributed by atoms with van der Waals surface area (Å²) in [4.78, 5) is 4.08. The molecule has 0 radical (unpaired) electrons. The van der Waals surface area contributed by atoms with Gasteiger partial charge in [-0.15, -0.1) is 0 Å². The monoisotopic (exact) mass is 323 g/mol. The smallest absolute Gasteiger partial charge is 0.135 e. The molecule has 0 aliphatic carbocycles. The van der Waals surface area contributed by atoms with E-state index in [9.17, 15) is 0 Å². The molecule has 2 heteroatoms. The van der Waals surface area contributed by atoms with Crippen LogP contribution in [-0.2, 0) is 4.74 Å². The second-order valence-corrected chi connectivity index (χ2v) is 5.78. The van der Waals surface area contributed by atoms with Crippen LogP contribution in [0.1, 0.15) is 16.7 Å². The van der Waals surface area contributed by atoms with Crippen molar-refractivity contribution in [1.29, 1.82) is 0 Å². The van der Waals surface area contributed by atoms with Crippen LogP contribution in [0, 0.1) is 0 Å². The Balaban J connectivity index is 1.78. The van der Waals surface area contributed by atoms with Crippen LogP contribution in [0.15, 0.2) is 103 Å². The zero-order chi connectivity index (χ0) is 16.9. The molecule has 0 unspecified atom stereocenters. The Morgan fingerprint density at radius 1 is 0.640 bits per heavy atom. The number of benzene rings is 2. The number of allylic oxidation sites excluding steroid dienone is 3. The van der Waals surface area contributed by atoms with Crippen molar-refractivity contribution in [2.45, 2.75) is 0 Å². The Labute approximate surface area is 147 Å². The van der Waals surface area contributed by atoms with Crippen LogP contribution < -0.4 is 0 Å². The van der Waals surface area contributed by atoms with Gasteiger partial charge < -0.3 is 4.74 Å². The molecule has 0 spiro atoms. The van der Waals surface area contributed by atoms with Gasteiger partial charge in [0.15, 0.2) is 0 Å². The molecule has 4 rings (SSSR count). The first-order valence-corrected chi connectivity index (χ1v) is 8.22. The summed E-state index contributed by atoms with van der Waals surface area (Å²) in [7, 11) is 0. The third kappa shape index (κ3) is 3.59. The van der Waals surface area contributed by atoms with Gasteiger partial charge in [0.25, 0.3) is 0 Å². The van der Waals surface area contributed by atoms with Crippen molar-refractivity contribution >= 4 is 17.6 Å². The van der Waals surface area contributed by atoms with E-state index in [1.165, 1.54) is 0 Å². The minimum atomic E-state index is 0.849. The highest BCUT2D eigenvalue weighted by Gasteiger charge is 2.14. The molecule has 120 valence electrons. The zero-order valence-electron chi connectivity index (χ0n) is 13.7. The summed E-state index contributed by atoms with van der Waals surface area (Å²) in [6.45, 7) is 0. The minimum Gasteiger partial charge on any atom is -0.456 e. The van der Waals surface area contributed by atoms with E-state index >= 15 is 0 Å². The molecule has 0 atom stereocenters. The van der Waals surface area contributed by atoms with Crippen LogP contribution >= 0.6 is 0 Å². The van der Waals surface area contributed by atoms with Gasteiger partial charge in [-0.25, -0.2) is 0 Å². The third-order valence-electron chi connectivity index (χ3n) is 3.97. The van der Waals surface area contributed by atoms with Gasteiger partial charge in [-0.2, -0.15) is 0 Å². The molecule has 1 aromatic heterocycles. The second kappa shape index (κ2) is 7.02. The molecule has 0 fully saturated rings. The molecular formula is C23H17NO. The minimum absolute atomic E-state index is 0.849. The second-order valence-electron chi connectivity index (χ2n) is 5.78. The van der Waals surface area contributed by atoms with E-state index in [-0.39, 0.29) is 0 Å². The van der Waals surface area contributed by atoms with Crippen LogP contribution in [0.5, 0.6) is 0 Å². The van der Waals surface area contributed by atoms with Crippen molar-refractivity contribution in [2.24, 2.45) is 0 Å². The topological polar surface area (TPSA) is 22.1 Å². The lowest BCUT2D eigenvalue weighted by molar-refractivity contribution is 0.467. The van der Waals surface area contributed by atoms with E-state index in [4.69, 9.17) is 4.74 Å². The van der Waals surface area contributed by atoms with Crippen molar-refractivity contribution < 1.29 is 4.74 Å². The number of hydrogen-bond donors (Lipinski definition) is 0. The summed E-state index contributed by atoms with van der Waals surface area (Å²) >= 11 is 0. The molecule has 3 aromatic rings. The average Bonchev–Trinajstić information content (AvgIpc) is 2.70. The summed E-state index contributed by atoms with van der Waals surface area (Å²) in [5.74, 6) is 1.70. The number of aromatic nitrogens is 1. The molecule has 2 heterocycles. The van der Waals surface area contributed by atoms with Gasteiger partial charge in [0, 0.05) is 23.5 Å². The number of pyridine rings is 1. The van der Waals surface area contributed by atoms with E-state index in [1.54, 1.807) is 12.4 Å². The van der Waals surface area contributed by atoms with Gasteiger partial charge in [0.1, 0.15) is 11.5 Å². The first-order valence-electron chi connectivity index (χ1n) is 8.22. The van der Waals surface area contributed by atoms with Gasteiger partial charge in [-0.3, -0.25) is 4.98 Å². The highest BCUT2D eigenvalue weighted by molar-refractivity contribution is 5.80. The lowest BCUT2D eigenvalue weighted by Crippen LogP contribution is -1.99. The van der Waals surface area contributed by atoms with E-state index in [2.05, 4.69) is 47.5 Å². The van der Waals surface area contributed by atoms with E-state index < -0.39 is 0 Å². The van der Waals surface area contributed by atoms with Crippen molar-refractivity contribution in [3.05, 3.63) is 120 Å². The predicted molar refractivity (Wildman–Crippen MR) is 102 cm³/mol. The van der Waals surface area contributed by atoms with Crippen molar-refractivity contribution in [2.75, 3.05) is 0 Å². The molecule has 1 aliphatic heterocycles. The highest BCUT2D eigenvalue weighted by atomic mass is 16.5. The SMILES string of the molecule is C(=C1C=C(c2ccccc2)OC(c2ccccc2)=C1)c1ccncc1. The molecule has 0 saturated heterocycles. The first-order chi connectivity index (χ1) is 12.4. The van der Waals surface area contributed by atoms with Crippen molar-refractivity contribution in [3.8, 4) is 0 Å². The van der Waals surface area contributed by atoms with E-state index in [0.29, 0.717) is 0 Å². The van der Waals surface area contributed by atoms with Crippen molar-refractivity contribution in [1.82, 2.24) is 4.98 Å². The van der Waals surface area contributed by atoms with Crippen molar-refractivity contribution in [3.63, 3.8) is 0 Å². The van der Waals surface area contributed by atoms with Gasteiger partial charge >= 0.3 is 0 Å². The average molecular weight is 323 g/mol. The number of ether oxygens (including phenoxy) is 1. The summed E-state index contributed by atoms with van der Waals surface area (Å²) in [6, 6.07) is 24.3. The van der Waals surface area contributed by atoms with Gasteiger partial charge in [0.05, 0.1) is 0 Å². The number of nitrogens with zero attached hydrogens (tertiary/aromatic N) is 1. The Morgan fingerprint density at radius 3 is 1.68 bits per heavy atom. The van der Waals surface area contributed by atoms with E-state index in [1.807, 2.05) is 48.5 Å². The van der Waals surface area contributed by atoms with E-state index in [0.717, 1.165) is 33.8 Å². The Bertz CT molecular complexity index is 882. The van der Waals surface area contributed by atoms with Gasteiger partial charge in [0.2, 0.25) is 0 Å². The first kappa shape index (κ1) is 15.2. The zero-order valence-corrected chi connectivity index (χ0v) is 13.7. The Hall–Kier alpha value is -3.39. The largest absolute Gasteiger partial charge is 0.456 e. The fourth-order valence-corrected chi connectivity index (χ4v) is 2.75. The fourth-order valence-electron chi connectivity index (χ4n) is 2.75. The summed E-state index contributed by atoms with van der Waals surface area (Å²) in [5, 5.41) is 0. The fraction of sp³-hybridized carbons (Fsp3) is 0. The van der Waals surface area contributed by atoms with Gasteiger partial charge in [-0.05, 0) is 41.5 Å². The molecule has 0 bridgehead atoms. The maximum atomic E-state index is 6.20. The molecular weight excluding hydrogens is 306 g/mol. The summed E-state index contributed by atoms with van der Waals surface area (Å²) in [5.41, 5.74) is 4.32. The standard InChI is InChI=1S/C23H17NO/c1-3-7-20(8-4-1)22-16-19(15-18-11-13-24-14-12-18)17-23(25-22)21-9-5-2-6-10-21/h1-17H. The summed E-state index contributed by atoms with van der Waals surface area (Å²) in [6.07, 6.45) is 9.88.